The van der Waals surface area contributed by atoms with Crippen LogP contribution in [0.3, 0.4) is 0 Å². The molecule has 168 valence electrons. The fraction of sp³-hybridized carbons (Fsp3) is 1.00. The Morgan fingerprint density at radius 1 is 0.464 bits per heavy atom. The fourth-order valence-corrected chi connectivity index (χ4v) is 5.49. The van der Waals surface area contributed by atoms with E-state index in [0.29, 0.717) is 0 Å². The average Bonchev–Trinajstić information content (AvgIpc) is 2.53. The number of rotatable bonds is 18. The molecule has 0 heterocycles. The molecule has 4 heteroatoms. The van der Waals surface area contributed by atoms with Crippen LogP contribution in [0.4, 0.5) is 0 Å². The van der Waals surface area contributed by atoms with Gasteiger partial charge in [0.25, 0.3) is 0 Å². The average molecular weight is 415 g/mol. The summed E-state index contributed by atoms with van der Waals surface area (Å²) in [6.45, 7) is 19.9. The molecule has 0 saturated carbocycles. The zero-order chi connectivity index (χ0) is 21.7. The fourth-order valence-electron chi connectivity index (χ4n) is 3.43. The maximum Gasteiger partial charge on any atom is 0.906 e. The van der Waals surface area contributed by atoms with Crippen LogP contribution in [0.5, 0.6) is 0 Å². The van der Waals surface area contributed by atoms with Crippen molar-refractivity contribution in [2.24, 2.45) is 0 Å². The van der Waals surface area contributed by atoms with Crippen molar-refractivity contribution in [2.45, 2.75) is 156 Å². The van der Waals surface area contributed by atoms with Crippen LogP contribution >= 0.6 is 0 Å². The molecule has 0 saturated heterocycles. The van der Waals surface area contributed by atoms with Gasteiger partial charge in [0.05, 0.1) is 0 Å². The summed E-state index contributed by atoms with van der Waals surface area (Å²) in [4.78, 5) is 0. The van der Waals surface area contributed by atoms with Crippen LogP contribution in [0.25, 0.3) is 0 Å². The van der Waals surface area contributed by atoms with E-state index in [1.165, 1.54) is 57.8 Å². The van der Waals surface area contributed by atoms with Crippen LogP contribution in [0, 0.1) is 0 Å². The maximum atomic E-state index is 6.56. The normalized spacial score (nSPS) is 13.2. The smallest absolute Gasteiger partial charge is 0.450 e. The molecule has 3 nitrogen and oxygen atoms in total. The van der Waals surface area contributed by atoms with E-state index >= 15 is 0 Å². The summed E-state index contributed by atoms with van der Waals surface area (Å²) >= 11 is -2.26. The van der Waals surface area contributed by atoms with Crippen molar-refractivity contribution < 1.29 is 11.4 Å². The molecular weight excluding hydrogens is 363 g/mol. The first kappa shape index (κ1) is 28.4. The summed E-state index contributed by atoms with van der Waals surface area (Å²) in [5.41, 5.74) is -0.568. The highest BCUT2D eigenvalue weighted by molar-refractivity contribution is 6.36. The first-order valence-electron chi connectivity index (χ1n) is 12.0. The molecule has 0 aliphatic heterocycles. The maximum absolute atomic E-state index is 6.56. The summed E-state index contributed by atoms with van der Waals surface area (Å²) in [7, 11) is 0. The molecule has 0 N–H and O–H groups in total. The van der Waals surface area contributed by atoms with Crippen LogP contribution in [0.2, 0.25) is 0 Å². The lowest BCUT2D eigenvalue weighted by molar-refractivity contribution is -0.0714. The first-order chi connectivity index (χ1) is 13.0. The van der Waals surface area contributed by atoms with Crippen molar-refractivity contribution in [2.75, 3.05) is 0 Å². The highest BCUT2D eigenvalue weighted by Gasteiger charge is 2.45. The lowest BCUT2D eigenvalue weighted by Crippen LogP contribution is -2.47. The van der Waals surface area contributed by atoms with Crippen LogP contribution in [0.1, 0.15) is 139 Å². The van der Waals surface area contributed by atoms with Crippen LogP contribution in [-0.2, 0) is 11.4 Å². The van der Waals surface area contributed by atoms with Gasteiger partial charge in [-0.1, -0.05) is 78.6 Å². The highest BCUT2D eigenvalue weighted by atomic mass is 27.3. The van der Waals surface area contributed by atoms with Gasteiger partial charge in [-0.05, 0) is 60.8 Å². The Hall–Kier alpha value is 0.412. The number of unbranched alkanes of at least 4 members (excludes halogenated alkanes) is 6. The Balaban J connectivity index is 5.03. The molecule has 0 aliphatic carbocycles. The van der Waals surface area contributed by atoms with Crippen LogP contribution in [0.15, 0.2) is 0 Å². The molecule has 0 atom stereocenters. The van der Waals surface area contributed by atoms with Gasteiger partial charge >= 0.3 is 15.1 Å². The van der Waals surface area contributed by atoms with Crippen molar-refractivity contribution in [1.29, 1.82) is 0 Å². The standard InChI is InChI=1S/3C8H17O.Al/c3*1-4-5-6-7-8(2,3)9;/h3*4-7H2,1-3H3;/q3*-1;+3. The molecule has 28 heavy (non-hydrogen) atoms. The Morgan fingerprint density at radius 3 is 0.929 bits per heavy atom. The van der Waals surface area contributed by atoms with E-state index in [2.05, 4.69) is 62.3 Å². The van der Waals surface area contributed by atoms with E-state index in [9.17, 15) is 0 Å². The van der Waals surface area contributed by atoms with Gasteiger partial charge < -0.3 is 11.4 Å². The van der Waals surface area contributed by atoms with Gasteiger partial charge in [-0.15, -0.1) is 0 Å². The zero-order valence-electron chi connectivity index (χ0n) is 20.8. The SMILES string of the molecule is CCCCCC(C)(C)[O][Al]([O]C(C)(C)CCCCC)[O]C(C)(C)CCCCC. The zero-order valence-corrected chi connectivity index (χ0v) is 21.9. The van der Waals surface area contributed by atoms with Gasteiger partial charge in [-0.3, -0.25) is 0 Å². The van der Waals surface area contributed by atoms with E-state index in [1.807, 2.05) is 0 Å². The third kappa shape index (κ3) is 15.3. The summed E-state index contributed by atoms with van der Waals surface area (Å²) in [5, 5.41) is 0. The summed E-state index contributed by atoms with van der Waals surface area (Å²) in [5.74, 6) is 0. The van der Waals surface area contributed by atoms with E-state index in [0.717, 1.165) is 19.3 Å². The second-order valence-corrected chi connectivity index (χ2v) is 11.6. The van der Waals surface area contributed by atoms with Gasteiger partial charge in [0.15, 0.2) is 0 Å². The Kier molecular flexibility index (Phi) is 14.6. The Labute approximate surface area is 182 Å². The van der Waals surface area contributed by atoms with Crippen molar-refractivity contribution >= 4 is 15.1 Å². The molecule has 0 aromatic heterocycles. The van der Waals surface area contributed by atoms with Gasteiger partial charge in [0.1, 0.15) is 0 Å². The van der Waals surface area contributed by atoms with Gasteiger partial charge in [-0.25, -0.2) is 0 Å². The summed E-state index contributed by atoms with van der Waals surface area (Å²) in [6, 6.07) is 0. The third-order valence-corrected chi connectivity index (χ3v) is 7.88. The quantitative estimate of drug-likeness (QED) is 0.167. The molecule has 0 aromatic rings. The van der Waals surface area contributed by atoms with Crippen LogP contribution in [-0.4, -0.2) is 32.0 Å². The third-order valence-electron chi connectivity index (χ3n) is 5.39. The molecular formula is C24H51AlO3. The topological polar surface area (TPSA) is 27.7 Å². The van der Waals surface area contributed by atoms with E-state index in [-0.39, 0.29) is 16.8 Å². The van der Waals surface area contributed by atoms with E-state index in [4.69, 9.17) is 11.4 Å². The minimum absolute atomic E-state index is 0.189. The molecule has 0 spiro atoms. The first-order valence-corrected chi connectivity index (χ1v) is 13.4. The summed E-state index contributed by atoms with van der Waals surface area (Å²) in [6.07, 6.45) is 14.2. The van der Waals surface area contributed by atoms with Crippen LogP contribution < -0.4 is 0 Å². The summed E-state index contributed by atoms with van der Waals surface area (Å²) < 4.78 is 19.7. The van der Waals surface area contributed by atoms with E-state index < -0.39 is 15.1 Å². The number of hydrogen-bond donors (Lipinski definition) is 0. The predicted molar refractivity (Wildman–Crippen MR) is 124 cm³/mol. The largest absolute Gasteiger partial charge is 0.906 e. The Bertz CT molecular complexity index is 323. The molecule has 0 radical (unpaired) electrons. The molecule has 0 amide bonds. The Morgan fingerprint density at radius 2 is 0.714 bits per heavy atom. The molecule has 0 unspecified atom stereocenters. The second-order valence-electron chi connectivity index (χ2n) is 10.3. The van der Waals surface area contributed by atoms with Crippen molar-refractivity contribution in [1.82, 2.24) is 0 Å². The van der Waals surface area contributed by atoms with Gasteiger partial charge in [0.2, 0.25) is 0 Å². The molecule has 0 bridgehead atoms. The number of hydrogen-bond acceptors (Lipinski definition) is 3. The minimum atomic E-state index is -2.26. The molecule has 0 fully saturated rings. The van der Waals surface area contributed by atoms with Gasteiger partial charge in [0, 0.05) is 16.8 Å². The van der Waals surface area contributed by atoms with Crippen molar-refractivity contribution in [3.8, 4) is 0 Å². The monoisotopic (exact) mass is 414 g/mol. The van der Waals surface area contributed by atoms with Crippen molar-refractivity contribution in [3.05, 3.63) is 0 Å². The molecule has 0 aliphatic rings. The molecule has 0 aromatic carbocycles. The molecule has 0 rings (SSSR count). The predicted octanol–water partition coefficient (Wildman–Crippen LogP) is 8.10. The van der Waals surface area contributed by atoms with Crippen molar-refractivity contribution in [3.63, 3.8) is 0 Å². The second kappa shape index (κ2) is 14.4. The van der Waals surface area contributed by atoms with E-state index in [1.54, 1.807) is 0 Å². The minimum Gasteiger partial charge on any atom is -0.450 e. The van der Waals surface area contributed by atoms with Gasteiger partial charge in [-0.2, -0.15) is 0 Å². The highest BCUT2D eigenvalue weighted by Crippen LogP contribution is 2.28. The lowest BCUT2D eigenvalue weighted by Gasteiger charge is -2.37. The lowest BCUT2D eigenvalue weighted by atomic mass is 10.0.